The number of nitrogens with two attached hydrogens (primary N) is 1. The lowest BCUT2D eigenvalue weighted by atomic mass is 10.2. The third-order valence-electron chi connectivity index (χ3n) is 3.74. The Balaban J connectivity index is 1.49. The zero-order valence-electron chi connectivity index (χ0n) is 13.8. The molecular formula is C19H20N2O4. The van der Waals surface area contributed by atoms with E-state index in [0.717, 1.165) is 5.56 Å². The summed E-state index contributed by atoms with van der Waals surface area (Å²) in [7, 11) is 0. The number of ether oxygens (including phenoxy) is 3. The molecule has 1 atom stereocenters. The van der Waals surface area contributed by atoms with Crippen molar-refractivity contribution in [2.75, 3.05) is 13.2 Å². The summed E-state index contributed by atoms with van der Waals surface area (Å²) < 4.78 is 16.1. The van der Waals surface area contributed by atoms with E-state index in [2.05, 4.69) is 4.99 Å². The van der Waals surface area contributed by atoms with Crippen molar-refractivity contribution in [1.82, 2.24) is 0 Å². The number of aliphatic imine (C=N–C) groups is 1. The Kier molecular flexibility index (Phi) is 5.51. The van der Waals surface area contributed by atoms with Gasteiger partial charge < -0.3 is 19.9 Å². The maximum absolute atomic E-state index is 12.2. The van der Waals surface area contributed by atoms with Crippen molar-refractivity contribution in [2.24, 2.45) is 10.7 Å². The third kappa shape index (κ3) is 4.97. The van der Waals surface area contributed by atoms with Gasteiger partial charge in [0, 0.05) is 6.42 Å². The summed E-state index contributed by atoms with van der Waals surface area (Å²) in [4.78, 5) is 16.3. The molecule has 1 aliphatic rings. The van der Waals surface area contributed by atoms with E-state index >= 15 is 0 Å². The van der Waals surface area contributed by atoms with Gasteiger partial charge in [0.05, 0.1) is 18.2 Å². The number of nitrogens with zero attached hydrogens (tertiary/aromatic N) is 1. The maximum Gasteiger partial charge on any atom is 0.338 e. The molecule has 0 fully saturated rings. The smallest absolute Gasteiger partial charge is 0.338 e. The maximum atomic E-state index is 12.2. The summed E-state index contributed by atoms with van der Waals surface area (Å²) in [5.41, 5.74) is 6.87. The highest BCUT2D eigenvalue weighted by atomic mass is 16.5. The second kappa shape index (κ2) is 8.19. The van der Waals surface area contributed by atoms with Crippen LogP contribution in [0.2, 0.25) is 0 Å². The average molecular weight is 340 g/mol. The molecule has 0 aromatic heterocycles. The molecule has 1 aliphatic heterocycles. The molecular weight excluding hydrogens is 320 g/mol. The molecule has 6 nitrogen and oxygen atoms in total. The van der Waals surface area contributed by atoms with Crippen molar-refractivity contribution in [1.29, 1.82) is 0 Å². The van der Waals surface area contributed by atoms with Crippen molar-refractivity contribution >= 4 is 12.0 Å². The molecule has 0 saturated carbocycles. The molecule has 2 N–H and O–H groups in total. The van der Waals surface area contributed by atoms with Gasteiger partial charge in [-0.2, -0.15) is 0 Å². The van der Waals surface area contributed by atoms with Crippen LogP contribution in [-0.2, 0) is 16.1 Å². The first-order valence-corrected chi connectivity index (χ1v) is 8.11. The molecule has 0 saturated heterocycles. The fraction of sp³-hybridized carbons (Fsp3) is 0.263. The molecule has 0 radical (unpaired) electrons. The van der Waals surface area contributed by atoms with Crippen molar-refractivity contribution in [2.45, 2.75) is 19.1 Å². The lowest BCUT2D eigenvalue weighted by Crippen LogP contribution is -2.12. The molecule has 130 valence electrons. The fourth-order valence-electron chi connectivity index (χ4n) is 2.42. The van der Waals surface area contributed by atoms with Crippen molar-refractivity contribution < 1.29 is 19.0 Å². The molecule has 0 bridgehead atoms. The van der Waals surface area contributed by atoms with Crippen LogP contribution in [0.4, 0.5) is 0 Å². The largest absolute Gasteiger partial charge is 0.493 e. The van der Waals surface area contributed by atoms with Gasteiger partial charge in [-0.3, -0.25) is 0 Å². The van der Waals surface area contributed by atoms with Crippen molar-refractivity contribution in [3.63, 3.8) is 0 Å². The third-order valence-corrected chi connectivity index (χ3v) is 3.74. The second-order valence-electron chi connectivity index (χ2n) is 5.66. The summed E-state index contributed by atoms with van der Waals surface area (Å²) >= 11 is 0. The van der Waals surface area contributed by atoms with E-state index in [0.29, 0.717) is 30.9 Å². The van der Waals surface area contributed by atoms with Crippen LogP contribution in [0.25, 0.3) is 0 Å². The first-order chi connectivity index (χ1) is 12.2. The van der Waals surface area contributed by atoms with E-state index in [1.807, 2.05) is 30.3 Å². The molecule has 0 amide bonds. The van der Waals surface area contributed by atoms with Crippen molar-refractivity contribution in [3.05, 3.63) is 65.7 Å². The predicted octanol–water partition coefficient (Wildman–Crippen LogP) is 2.53. The van der Waals surface area contributed by atoms with Gasteiger partial charge in [-0.05, 0) is 23.8 Å². The summed E-state index contributed by atoms with van der Waals surface area (Å²) in [5, 5.41) is 0. The average Bonchev–Trinajstić information content (AvgIpc) is 3.06. The highest BCUT2D eigenvalue weighted by Gasteiger charge is 2.16. The van der Waals surface area contributed by atoms with Crippen LogP contribution in [0.15, 0.2) is 59.6 Å². The number of rotatable bonds is 7. The van der Waals surface area contributed by atoms with Gasteiger partial charge in [0.25, 0.3) is 6.02 Å². The number of hydrogen-bond donors (Lipinski definition) is 1. The van der Waals surface area contributed by atoms with Crippen LogP contribution >= 0.6 is 0 Å². The number of esters is 1. The minimum atomic E-state index is -0.379. The van der Waals surface area contributed by atoms with Crippen molar-refractivity contribution in [3.8, 4) is 5.75 Å². The highest BCUT2D eigenvalue weighted by molar-refractivity contribution is 5.89. The molecule has 2 aromatic rings. The Morgan fingerprint density at radius 1 is 1.20 bits per heavy atom. The Morgan fingerprint density at radius 2 is 2.04 bits per heavy atom. The number of carbonyl (C=O) groups is 1. The summed E-state index contributed by atoms with van der Waals surface area (Å²) in [6, 6.07) is 16.8. The number of amidine groups is 1. The van der Waals surface area contributed by atoms with Gasteiger partial charge in [0.15, 0.2) is 0 Å². The summed E-state index contributed by atoms with van der Waals surface area (Å²) in [5.74, 6) is 0.237. The molecule has 2 aromatic carbocycles. The Labute approximate surface area is 146 Å². The minimum Gasteiger partial charge on any atom is -0.493 e. The van der Waals surface area contributed by atoms with Gasteiger partial charge in [0.1, 0.15) is 19.0 Å². The Bertz CT molecular complexity index is 746. The molecule has 0 aliphatic carbocycles. The SMILES string of the molecule is NC1=NC(CCOc2cccc(C(=O)OCc3ccccc3)c2)CO1. The van der Waals surface area contributed by atoms with E-state index in [1.165, 1.54) is 0 Å². The zero-order chi connectivity index (χ0) is 17.5. The first-order valence-electron chi connectivity index (χ1n) is 8.11. The van der Waals surface area contributed by atoms with Gasteiger partial charge in [-0.15, -0.1) is 0 Å². The van der Waals surface area contributed by atoms with E-state index in [9.17, 15) is 4.79 Å². The molecule has 1 heterocycles. The van der Waals surface area contributed by atoms with Crippen LogP contribution in [0.3, 0.4) is 0 Å². The number of carbonyl (C=O) groups excluding carboxylic acids is 1. The number of benzene rings is 2. The minimum absolute atomic E-state index is 0.0269. The molecule has 1 unspecified atom stereocenters. The van der Waals surface area contributed by atoms with E-state index in [-0.39, 0.29) is 24.6 Å². The van der Waals surface area contributed by atoms with Gasteiger partial charge >= 0.3 is 5.97 Å². The van der Waals surface area contributed by atoms with Crippen LogP contribution in [0.5, 0.6) is 5.75 Å². The Hall–Kier alpha value is -3.02. The lowest BCUT2D eigenvalue weighted by molar-refractivity contribution is 0.0472. The monoisotopic (exact) mass is 340 g/mol. The standard InChI is InChI=1S/C19H20N2O4/c20-19-21-16(13-25-19)9-10-23-17-8-4-7-15(11-17)18(22)24-12-14-5-2-1-3-6-14/h1-8,11,16H,9-10,12-13H2,(H2,20,21). The molecule has 6 heteroatoms. The van der Waals surface area contributed by atoms with Crippen LogP contribution < -0.4 is 10.5 Å². The molecule has 25 heavy (non-hydrogen) atoms. The highest BCUT2D eigenvalue weighted by Crippen LogP contribution is 2.16. The second-order valence-corrected chi connectivity index (χ2v) is 5.66. The Morgan fingerprint density at radius 3 is 2.80 bits per heavy atom. The summed E-state index contributed by atoms with van der Waals surface area (Å²) in [6.07, 6.45) is 0.698. The molecule has 3 rings (SSSR count). The normalized spacial score (nSPS) is 16.0. The molecule has 0 spiro atoms. The van der Waals surface area contributed by atoms with Gasteiger partial charge in [-0.1, -0.05) is 36.4 Å². The predicted molar refractivity (Wildman–Crippen MR) is 93.5 cm³/mol. The topological polar surface area (TPSA) is 83.1 Å². The van der Waals surface area contributed by atoms with E-state index in [4.69, 9.17) is 19.9 Å². The fourth-order valence-corrected chi connectivity index (χ4v) is 2.42. The van der Waals surface area contributed by atoms with Gasteiger partial charge in [0.2, 0.25) is 0 Å². The lowest BCUT2D eigenvalue weighted by Gasteiger charge is -2.09. The zero-order valence-corrected chi connectivity index (χ0v) is 13.8. The van der Waals surface area contributed by atoms with Crippen LogP contribution in [-0.4, -0.2) is 31.2 Å². The summed E-state index contributed by atoms with van der Waals surface area (Å²) in [6.45, 7) is 1.19. The van der Waals surface area contributed by atoms with E-state index < -0.39 is 0 Å². The van der Waals surface area contributed by atoms with E-state index in [1.54, 1.807) is 24.3 Å². The first kappa shape index (κ1) is 16.8. The number of hydrogen-bond acceptors (Lipinski definition) is 6. The van der Waals surface area contributed by atoms with Gasteiger partial charge in [-0.25, -0.2) is 9.79 Å². The van der Waals surface area contributed by atoms with Crippen LogP contribution in [0, 0.1) is 0 Å². The quantitative estimate of drug-likeness (QED) is 0.783. The van der Waals surface area contributed by atoms with Crippen LogP contribution in [0.1, 0.15) is 22.3 Å².